The lowest BCUT2D eigenvalue weighted by atomic mass is 10.1. The number of alkyl halides is 1. The maximum Gasteiger partial charge on any atom is 0.410 e. The fourth-order valence-corrected chi connectivity index (χ4v) is 1.40. The number of carbonyl (C=O) groups is 1. The van der Waals surface area contributed by atoms with Crippen LogP contribution < -0.4 is 0 Å². The van der Waals surface area contributed by atoms with Gasteiger partial charge < -0.3 is 14.7 Å². The van der Waals surface area contributed by atoms with E-state index < -0.39 is 24.0 Å². The Bertz CT molecular complexity index is 239. The average Bonchev–Trinajstić information content (AvgIpc) is 2.06. The van der Waals surface area contributed by atoms with Crippen LogP contribution in [0.3, 0.4) is 0 Å². The standard InChI is InChI=1S/C10H18FNO3/c1-10(2,3)15-9(14)12-5-4-7(11)8(13)6-12/h7-8,13H,4-6H2,1-3H3/t7-,8+/m0/s1. The van der Waals surface area contributed by atoms with Crippen LogP contribution >= 0.6 is 0 Å². The van der Waals surface area contributed by atoms with E-state index in [9.17, 15) is 14.3 Å². The van der Waals surface area contributed by atoms with Gasteiger partial charge >= 0.3 is 6.09 Å². The Morgan fingerprint density at radius 2 is 2.13 bits per heavy atom. The number of nitrogens with zero attached hydrogens (tertiary/aromatic N) is 1. The number of hydrogen-bond donors (Lipinski definition) is 1. The van der Waals surface area contributed by atoms with Gasteiger partial charge in [-0.25, -0.2) is 9.18 Å². The molecule has 0 saturated carbocycles. The SMILES string of the molecule is CC(C)(C)OC(=O)N1CC[C@H](F)[C@H](O)C1. The number of amides is 1. The van der Waals surface area contributed by atoms with Crippen molar-refractivity contribution in [2.45, 2.75) is 45.1 Å². The highest BCUT2D eigenvalue weighted by atomic mass is 19.1. The molecule has 1 amide bonds. The molecule has 0 radical (unpaired) electrons. The maximum atomic E-state index is 12.9. The first-order valence-electron chi connectivity index (χ1n) is 5.09. The molecule has 88 valence electrons. The Balaban J connectivity index is 2.48. The second kappa shape index (κ2) is 4.35. The molecule has 1 aliphatic heterocycles. The van der Waals surface area contributed by atoms with Crippen molar-refractivity contribution in [2.24, 2.45) is 0 Å². The van der Waals surface area contributed by atoms with Crippen molar-refractivity contribution < 1.29 is 19.0 Å². The summed E-state index contributed by atoms with van der Waals surface area (Å²) in [6, 6.07) is 0. The molecule has 4 nitrogen and oxygen atoms in total. The van der Waals surface area contributed by atoms with Crippen molar-refractivity contribution in [3.63, 3.8) is 0 Å². The molecule has 0 spiro atoms. The van der Waals surface area contributed by atoms with Crippen molar-refractivity contribution >= 4 is 6.09 Å². The Hall–Kier alpha value is -0.840. The number of halogens is 1. The Morgan fingerprint density at radius 1 is 1.53 bits per heavy atom. The quantitative estimate of drug-likeness (QED) is 0.668. The zero-order valence-corrected chi connectivity index (χ0v) is 9.36. The molecular formula is C10H18FNO3. The van der Waals surface area contributed by atoms with Crippen molar-refractivity contribution in [3.05, 3.63) is 0 Å². The minimum atomic E-state index is -1.23. The van der Waals surface area contributed by atoms with E-state index in [1.165, 1.54) is 4.90 Å². The van der Waals surface area contributed by atoms with Crippen LogP contribution in [0.25, 0.3) is 0 Å². The Morgan fingerprint density at radius 3 is 2.60 bits per heavy atom. The van der Waals surface area contributed by atoms with Crippen LogP contribution in [-0.4, -0.2) is 47.1 Å². The third-order valence-corrected chi connectivity index (χ3v) is 2.15. The van der Waals surface area contributed by atoms with Gasteiger partial charge in [0.15, 0.2) is 0 Å². The summed E-state index contributed by atoms with van der Waals surface area (Å²) in [4.78, 5) is 12.9. The van der Waals surface area contributed by atoms with E-state index in [4.69, 9.17) is 4.74 Å². The summed E-state index contributed by atoms with van der Waals surface area (Å²) in [5, 5.41) is 9.27. The van der Waals surface area contributed by atoms with E-state index in [1.54, 1.807) is 20.8 Å². The van der Waals surface area contributed by atoms with Crippen LogP contribution in [0.15, 0.2) is 0 Å². The van der Waals surface area contributed by atoms with Crippen molar-refractivity contribution in [1.29, 1.82) is 0 Å². The molecule has 0 aromatic rings. The largest absolute Gasteiger partial charge is 0.444 e. The third-order valence-electron chi connectivity index (χ3n) is 2.15. The summed E-state index contributed by atoms with van der Waals surface area (Å²) in [6.07, 6.45) is -2.65. The molecule has 1 rings (SSSR count). The molecule has 1 heterocycles. The summed E-state index contributed by atoms with van der Waals surface area (Å²) in [7, 11) is 0. The predicted molar refractivity (Wildman–Crippen MR) is 53.3 cm³/mol. The molecule has 1 aliphatic rings. The van der Waals surface area contributed by atoms with Crippen molar-refractivity contribution in [2.75, 3.05) is 13.1 Å². The van der Waals surface area contributed by atoms with Gasteiger partial charge in [0, 0.05) is 6.54 Å². The van der Waals surface area contributed by atoms with E-state index >= 15 is 0 Å². The van der Waals surface area contributed by atoms with Gasteiger partial charge in [0.05, 0.1) is 6.54 Å². The van der Waals surface area contributed by atoms with Gasteiger partial charge in [-0.1, -0.05) is 0 Å². The molecule has 2 atom stereocenters. The van der Waals surface area contributed by atoms with Crippen LogP contribution in [-0.2, 0) is 4.74 Å². The lowest BCUT2D eigenvalue weighted by Crippen LogP contribution is -2.49. The van der Waals surface area contributed by atoms with Crippen LogP contribution in [0.1, 0.15) is 27.2 Å². The summed E-state index contributed by atoms with van der Waals surface area (Å²) >= 11 is 0. The van der Waals surface area contributed by atoms with Crippen LogP contribution in [0.4, 0.5) is 9.18 Å². The molecule has 0 bridgehead atoms. The van der Waals surface area contributed by atoms with Crippen LogP contribution in [0, 0.1) is 0 Å². The Labute approximate surface area is 89.0 Å². The number of aliphatic hydroxyl groups excluding tert-OH is 1. The molecule has 1 fully saturated rings. The van der Waals surface area contributed by atoms with E-state index in [2.05, 4.69) is 0 Å². The monoisotopic (exact) mass is 219 g/mol. The number of ether oxygens (including phenoxy) is 1. The number of likely N-dealkylation sites (tertiary alicyclic amines) is 1. The lowest BCUT2D eigenvalue weighted by Gasteiger charge is -2.33. The number of rotatable bonds is 0. The summed E-state index contributed by atoms with van der Waals surface area (Å²) in [6.45, 7) is 5.61. The first-order valence-corrected chi connectivity index (χ1v) is 5.09. The number of aliphatic hydroxyl groups is 1. The molecule has 15 heavy (non-hydrogen) atoms. The van der Waals surface area contributed by atoms with E-state index in [0.29, 0.717) is 6.54 Å². The minimum Gasteiger partial charge on any atom is -0.444 e. The van der Waals surface area contributed by atoms with Crippen molar-refractivity contribution in [1.82, 2.24) is 4.90 Å². The first kappa shape index (κ1) is 12.2. The smallest absolute Gasteiger partial charge is 0.410 e. The number of hydrogen-bond acceptors (Lipinski definition) is 3. The van der Waals surface area contributed by atoms with Gasteiger partial charge in [0.25, 0.3) is 0 Å². The maximum absolute atomic E-state index is 12.9. The molecule has 1 saturated heterocycles. The van der Waals surface area contributed by atoms with E-state index in [1.807, 2.05) is 0 Å². The second-order valence-electron chi connectivity index (χ2n) is 4.80. The van der Waals surface area contributed by atoms with Crippen LogP contribution in [0.2, 0.25) is 0 Å². The highest BCUT2D eigenvalue weighted by Gasteiger charge is 2.32. The minimum absolute atomic E-state index is 0.0100. The fourth-order valence-electron chi connectivity index (χ4n) is 1.40. The summed E-state index contributed by atoms with van der Waals surface area (Å²) in [5.41, 5.74) is -0.561. The zero-order chi connectivity index (χ0) is 11.6. The molecular weight excluding hydrogens is 201 g/mol. The van der Waals surface area contributed by atoms with E-state index in [0.717, 1.165) is 0 Å². The fraction of sp³-hybridized carbons (Fsp3) is 0.900. The number of piperidine rings is 1. The van der Waals surface area contributed by atoms with Gasteiger partial charge in [0.1, 0.15) is 17.9 Å². The van der Waals surface area contributed by atoms with Gasteiger partial charge in [-0.2, -0.15) is 0 Å². The van der Waals surface area contributed by atoms with E-state index in [-0.39, 0.29) is 13.0 Å². The van der Waals surface area contributed by atoms with Gasteiger partial charge in [-0.3, -0.25) is 0 Å². The summed E-state index contributed by atoms with van der Waals surface area (Å²) < 4.78 is 18.0. The molecule has 0 aromatic heterocycles. The first-order chi connectivity index (χ1) is 6.79. The lowest BCUT2D eigenvalue weighted by molar-refractivity contribution is -0.0203. The third kappa shape index (κ3) is 3.66. The highest BCUT2D eigenvalue weighted by Crippen LogP contribution is 2.17. The average molecular weight is 219 g/mol. The zero-order valence-electron chi connectivity index (χ0n) is 9.36. The second-order valence-corrected chi connectivity index (χ2v) is 4.80. The highest BCUT2D eigenvalue weighted by molar-refractivity contribution is 5.68. The number of carbonyl (C=O) groups excluding carboxylic acids is 1. The molecule has 1 N–H and O–H groups in total. The van der Waals surface area contributed by atoms with Crippen molar-refractivity contribution in [3.8, 4) is 0 Å². The number of β-amino-alcohol motifs (C(OH)–C–C–N with tert-alkyl or cyclic N) is 1. The van der Waals surface area contributed by atoms with Gasteiger partial charge in [-0.05, 0) is 27.2 Å². The Kier molecular flexibility index (Phi) is 3.54. The molecule has 5 heteroatoms. The topological polar surface area (TPSA) is 49.8 Å². The predicted octanol–water partition coefficient (Wildman–Crippen LogP) is 1.33. The van der Waals surface area contributed by atoms with Gasteiger partial charge in [-0.15, -0.1) is 0 Å². The summed E-state index contributed by atoms with van der Waals surface area (Å²) in [5.74, 6) is 0. The van der Waals surface area contributed by atoms with Gasteiger partial charge in [0.2, 0.25) is 0 Å². The van der Waals surface area contributed by atoms with Crippen LogP contribution in [0.5, 0.6) is 0 Å². The molecule has 0 aromatic carbocycles. The normalized spacial score (nSPS) is 27.7. The molecule has 0 unspecified atom stereocenters. The molecule has 0 aliphatic carbocycles.